The molecule has 1 radical (unpaired) electrons. The summed E-state index contributed by atoms with van der Waals surface area (Å²) in [5, 5.41) is 26.3. The molecule has 2 N–H and O–H groups in total. The van der Waals surface area contributed by atoms with Crippen molar-refractivity contribution >= 4 is 19.9 Å². The highest BCUT2D eigenvalue weighted by Gasteiger charge is 2.42. The Morgan fingerprint density at radius 2 is 2.10 bits per heavy atom. The summed E-state index contributed by atoms with van der Waals surface area (Å²) in [5.74, 6) is -0.355. The van der Waals surface area contributed by atoms with Crippen LogP contribution in [0.2, 0.25) is 5.82 Å². The van der Waals surface area contributed by atoms with Crippen LogP contribution in [-0.4, -0.2) is 42.8 Å². The smallest absolute Gasteiger partial charge is 0.308 e. The fraction of sp³-hybridized carbons (Fsp3) is 0.786. The zero-order valence-electron chi connectivity index (χ0n) is 12.7. The second-order valence-electron chi connectivity index (χ2n) is 6.45. The zero-order valence-corrected chi connectivity index (χ0v) is 12.7. The summed E-state index contributed by atoms with van der Waals surface area (Å²) in [6.07, 6.45) is 4.64. The van der Waals surface area contributed by atoms with Gasteiger partial charge in [0.05, 0.1) is 29.2 Å². The van der Waals surface area contributed by atoms with Crippen LogP contribution in [0, 0.1) is 22.2 Å². The first-order valence-corrected chi connectivity index (χ1v) is 6.81. The van der Waals surface area contributed by atoms with E-state index >= 15 is 0 Å². The summed E-state index contributed by atoms with van der Waals surface area (Å²) < 4.78 is 5.59. The number of hydrogen-bond acceptors (Lipinski definition) is 5. The van der Waals surface area contributed by atoms with E-state index in [1.54, 1.807) is 33.9 Å². The van der Waals surface area contributed by atoms with Crippen molar-refractivity contribution in [2.75, 3.05) is 6.54 Å². The van der Waals surface area contributed by atoms with Gasteiger partial charge in [-0.2, -0.15) is 5.26 Å². The predicted octanol–water partition coefficient (Wildman–Crippen LogP) is 1.98. The van der Waals surface area contributed by atoms with Crippen molar-refractivity contribution in [3.8, 4) is 6.07 Å². The van der Waals surface area contributed by atoms with E-state index in [0.29, 0.717) is 6.54 Å². The maximum atomic E-state index is 9.98. The molecule has 1 rings (SSSR count). The van der Waals surface area contributed by atoms with Crippen LogP contribution in [0.1, 0.15) is 40.5 Å². The first kappa shape index (κ1) is 16.9. The Labute approximate surface area is 121 Å². The second kappa shape index (κ2) is 6.07. The summed E-state index contributed by atoms with van der Waals surface area (Å²) in [6.45, 7) is 7.42. The van der Waals surface area contributed by atoms with E-state index in [1.165, 1.54) is 13.7 Å². The van der Waals surface area contributed by atoms with Gasteiger partial charge in [0.1, 0.15) is 0 Å². The van der Waals surface area contributed by atoms with Crippen molar-refractivity contribution in [1.29, 1.82) is 10.7 Å². The fourth-order valence-corrected chi connectivity index (χ4v) is 1.32. The molecule has 0 bridgehead atoms. The standard InChI is InChI=1S/C14H23BN3O2/c1-12(2,19)13(3,4)20-15-11(7-16)8-18-10-14(9-17)5-6-14/h7-8,11,16,19H,5-6,10H2,1-4H3. The number of nitrogens with one attached hydrogen (secondary N) is 1. The normalized spacial score (nSPS) is 19.4. The average molecular weight is 276 g/mol. The van der Waals surface area contributed by atoms with Crippen molar-refractivity contribution < 1.29 is 9.76 Å². The predicted molar refractivity (Wildman–Crippen MR) is 80.4 cm³/mol. The van der Waals surface area contributed by atoms with E-state index < -0.39 is 11.2 Å². The van der Waals surface area contributed by atoms with Crippen LogP contribution in [0.4, 0.5) is 0 Å². The molecule has 0 spiro atoms. The molecule has 0 aliphatic heterocycles. The first-order valence-electron chi connectivity index (χ1n) is 6.81. The molecule has 109 valence electrons. The third kappa shape index (κ3) is 4.43. The Morgan fingerprint density at radius 1 is 1.50 bits per heavy atom. The van der Waals surface area contributed by atoms with Gasteiger partial charge in [0.2, 0.25) is 0 Å². The largest absolute Gasteiger partial charge is 0.432 e. The van der Waals surface area contributed by atoms with Crippen LogP contribution in [0.3, 0.4) is 0 Å². The Hall–Kier alpha value is -1.19. The van der Waals surface area contributed by atoms with Gasteiger partial charge < -0.3 is 15.2 Å². The SMILES string of the molecule is CC(C)(O)C(C)(C)O[B]C(C=N)C=NCC1(C#N)CC1. The molecule has 0 heterocycles. The molecular formula is C14H23BN3O2. The topological polar surface area (TPSA) is 89.5 Å². The molecule has 20 heavy (non-hydrogen) atoms. The lowest BCUT2D eigenvalue weighted by molar-refractivity contribution is -0.0903. The Balaban J connectivity index is 2.46. The summed E-state index contributed by atoms with van der Waals surface area (Å²) in [7, 11) is 1.50. The number of nitrogens with zero attached hydrogens (tertiary/aromatic N) is 2. The molecule has 0 amide bonds. The monoisotopic (exact) mass is 276 g/mol. The maximum Gasteiger partial charge on any atom is 0.308 e. The number of nitriles is 1. The van der Waals surface area contributed by atoms with Crippen LogP contribution in [-0.2, 0) is 4.65 Å². The molecule has 1 aliphatic carbocycles. The molecule has 1 saturated carbocycles. The minimum atomic E-state index is -0.994. The highest BCUT2D eigenvalue weighted by molar-refractivity contribution is 6.42. The molecule has 1 atom stereocenters. The Kier molecular flexibility index (Phi) is 5.12. The number of aliphatic hydroxyl groups is 1. The van der Waals surface area contributed by atoms with Gasteiger partial charge in [-0.15, -0.1) is 0 Å². The molecule has 0 aromatic rings. The first-order chi connectivity index (χ1) is 9.16. The van der Waals surface area contributed by atoms with Gasteiger partial charge in [0.15, 0.2) is 0 Å². The van der Waals surface area contributed by atoms with E-state index in [-0.39, 0.29) is 11.2 Å². The van der Waals surface area contributed by atoms with Gasteiger partial charge >= 0.3 is 7.48 Å². The van der Waals surface area contributed by atoms with E-state index in [1.807, 2.05) is 0 Å². The minimum Gasteiger partial charge on any atom is -0.432 e. The Bertz CT molecular complexity index is 417. The van der Waals surface area contributed by atoms with Gasteiger partial charge in [-0.05, 0) is 46.8 Å². The molecule has 0 saturated heterocycles. The summed E-state index contributed by atoms with van der Waals surface area (Å²) in [6, 6.07) is 2.27. The number of rotatable bonds is 8. The van der Waals surface area contributed by atoms with Gasteiger partial charge in [-0.3, -0.25) is 4.99 Å². The van der Waals surface area contributed by atoms with Crippen LogP contribution >= 0.6 is 0 Å². The molecular weight excluding hydrogens is 253 g/mol. The molecule has 0 aromatic carbocycles. The molecule has 1 aliphatic rings. The lowest BCUT2D eigenvalue weighted by atomic mass is 9.78. The van der Waals surface area contributed by atoms with Gasteiger partial charge in [-0.25, -0.2) is 0 Å². The molecule has 0 aromatic heterocycles. The van der Waals surface area contributed by atoms with Crippen molar-refractivity contribution in [3.63, 3.8) is 0 Å². The molecule has 1 unspecified atom stereocenters. The van der Waals surface area contributed by atoms with Crippen LogP contribution in [0.25, 0.3) is 0 Å². The highest BCUT2D eigenvalue weighted by Crippen LogP contribution is 2.44. The highest BCUT2D eigenvalue weighted by atomic mass is 16.5. The molecule has 5 nitrogen and oxygen atoms in total. The van der Waals surface area contributed by atoms with Crippen LogP contribution in [0.5, 0.6) is 0 Å². The minimum absolute atomic E-state index is 0.268. The van der Waals surface area contributed by atoms with E-state index in [2.05, 4.69) is 11.1 Å². The lowest BCUT2D eigenvalue weighted by Gasteiger charge is -2.38. The number of aliphatic imine (C=N–C) groups is 1. The van der Waals surface area contributed by atoms with E-state index in [0.717, 1.165) is 12.8 Å². The third-order valence-corrected chi connectivity index (χ3v) is 3.95. The summed E-state index contributed by atoms with van der Waals surface area (Å²) >= 11 is 0. The Morgan fingerprint density at radius 3 is 2.50 bits per heavy atom. The molecule has 1 fully saturated rings. The van der Waals surface area contributed by atoms with Gasteiger partial charge in [0, 0.05) is 12.0 Å². The molecule has 6 heteroatoms. The summed E-state index contributed by atoms with van der Waals surface area (Å²) in [4.78, 5) is 4.24. The van der Waals surface area contributed by atoms with Gasteiger partial charge in [0.25, 0.3) is 0 Å². The summed E-state index contributed by atoms with van der Waals surface area (Å²) in [5.41, 5.74) is -2.02. The third-order valence-electron chi connectivity index (χ3n) is 3.95. The van der Waals surface area contributed by atoms with Crippen molar-refractivity contribution in [2.45, 2.75) is 57.6 Å². The van der Waals surface area contributed by atoms with Crippen molar-refractivity contribution in [3.05, 3.63) is 0 Å². The van der Waals surface area contributed by atoms with E-state index in [4.69, 9.17) is 15.3 Å². The van der Waals surface area contributed by atoms with E-state index in [9.17, 15) is 5.11 Å². The second-order valence-corrected chi connectivity index (χ2v) is 6.45. The van der Waals surface area contributed by atoms with Crippen molar-refractivity contribution in [2.24, 2.45) is 10.4 Å². The zero-order chi connectivity index (χ0) is 15.4. The lowest BCUT2D eigenvalue weighted by Crippen LogP contribution is -2.48. The van der Waals surface area contributed by atoms with Crippen LogP contribution in [0.15, 0.2) is 4.99 Å². The fourth-order valence-electron chi connectivity index (χ4n) is 1.32. The van der Waals surface area contributed by atoms with Crippen molar-refractivity contribution in [1.82, 2.24) is 0 Å². The van der Waals surface area contributed by atoms with Crippen LogP contribution < -0.4 is 0 Å². The van der Waals surface area contributed by atoms with Gasteiger partial charge in [-0.1, -0.05) is 0 Å². The average Bonchev–Trinajstić information content (AvgIpc) is 3.12. The number of hydrogen-bond donors (Lipinski definition) is 2. The maximum absolute atomic E-state index is 9.98. The quantitative estimate of drug-likeness (QED) is 0.524.